The highest BCUT2D eigenvalue weighted by atomic mass is 79.9. The van der Waals surface area contributed by atoms with E-state index in [1.165, 1.54) is 5.56 Å². The van der Waals surface area contributed by atoms with Gasteiger partial charge in [0, 0.05) is 42.0 Å². The molecule has 0 saturated carbocycles. The van der Waals surface area contributed by atoms with Crippen LogP contribution in [0.4, 0.5) is 5.69 Å². The van der Waals surface area contributed by atoms with E-state index in [-0.39, 0.29) is 12.0 Å². The molecule has 26 heavy (non-hydrogen) atoms. The van der Waals surface area contributed by atoms with Crippen LogP contribution in [0.2, 0.25) is 0 Å². The molecule has 0 aromatic heterocycles. The second kappa shape index (κ2) is 7.79. The van der Waals surface area contributed by atoms with Gasteiger partial charge in [-0.05, 0) is 35.9 Å². The molecule has 3 rings (SSSR count). The lowest BCUT2D eigenvalue weighted by Crippen LogP contribution is -2.35. The number of rotatable bonds is 6. The highest BCUT2D eigenvalue weighted by molar-refractivity contribution is 9.10. The van der Waals surface area contributed by atoms with Gasteiger partial charge in [0.15, 0.2) is 17.3 Å². The van der Waals surface area contributed by atoms with Crippen molar-refractivity contribution in [2.24, 2.45) is 0 Å². The molecule has 0 bridgehead atoms. The third-order valence-corrected chi connectivity index (χ3v) is 5.85. The van der Waals surface area contributed by atoms with Gasteiger partial charge in [0.25, 0.3) is 0 Å². The van der Waals surface area contributed by atoms with Crippen molar-refractivity contribution in [3.8, 4) is 11.5 Å². The van der Waals surface area contributed by atoms with Crippen LogP contribution < -0.4 is 14.4 Å². The first-order chi connectivity index (χ1) is 12.5. The van der Waals surface area contributed by atoms with Crippen molar-refractivity contribution in [2.75, 3.05) is 38.8 Å². The molecule has 0 aliphatic carbocycles. The molecule has 6 heteroatoms. The van der Waals surface area contributed by atoms with Crippen LogP contribution >= 0.6 is 15.9 Å². The van der Waals surface area contributed by atoms with Gasteiger partial charge in [0.2, 0.25) is 0 Å². The van der Waals surface area contributed by atoms with E-state index in [0.29, 0.717) is 19.6 Å². The van der Waals surface area contributed by atoms with Gasteiger partial charge in [0.05, 0.1) is 26.0 Å². The van der Waals surface area contributed by atoms with E-state index in [4.69, 9.17) is 18.9 Å². The predicted molar refractivity (Wildman–Crippen MR) is 107 cm³/mol. The fourth-order valence-corrected chi connectivity index (χ4v) is 4.53. The molecule has 2 unspecified atom stereocenters. The minimum Gasteiger partial charge on any atom is -0.493 e. The average Bonchev–Trinajstić information content (AvgIpc) is 3.20. The lowest BCUT2D eigenvalue weighted by Gasteiger charge is -2.28. The van der Waals surface area contributed by atoms with Crippen LogP contribution in [-0.2, 0) is 9.47 Å². The van der Waals surface area contributed by atoms with Gasteiger partial charge >= 0.3 is 0 Å². The van der Waals surface area contributed by atoms with Crippen LogP contribution in [0.3, 0.4) is 0 Å². The quantitative estimate of drug-likeness (QED) is 0.627. The summed E-state index contributed by atoms with van der Waals surface area (Å²) < 4.78 is 24.9. The largest absolute Gasteiger partial charge is 0.493 e. The van der Waals surface area contributed by atoms with E-state index in [1.54, 1.807) is 7.11 Å². The monoisotopic (exact) mass is 425 g/mol. The fraction of sp³-hybridized carbons (Fsp3) is 0.600. The third-order valence-electron chi connectivity index (χ3n) is 5.25. The van der Waals surface area contributed by atoms with E-state index in [2.05, 4.69) is 41.7 Å². The standard InChI is InChI=1S/C20H28BrNO4/c1-6-8-20(24-9-10-25-20)12-16-13(3)17-18(22(4)7-2)14(21)11-15(23-5)19(17)26-16/h6,8,11,13,16H,7,9-10,12H2,1-5H3/b8-6-. The molecule has 2 aliphatic heterocycles. The fourth-order valence-electron chi connectivity index (χ4n) is 3.80. The van der Waals surface area contributed by atoms with Crippen LogP contribution in [0, 0.1) is 0 Å². The second-order valence-corrected chi connectivity index (χ2v) is 7.68. The van der Waals surface area contributed by atoms with E-state index in [1.807, 2.05) is 25.1 Å². The number of allylic oxidation sites excluding steroid dienone is 1. The Labute approximate surface area is 164 Å². The molecule has 0 spiro atoms. The topological polar surface area (TPSA) is 40.2 Å². The van der Waals surface area contributed by atoms with Crippen molar-refractivity contribution >= 4 is 21.6 Å². The molecule has 1 aromatic rings. The molecule has 2 aliphatic rings. The number of hydrogen-bond donors (Lipinski definition) is 0. The van der Waals surface area contributed by atoms with Gasteiger partial charge in [-0.3, -0.25) is 0 Å². The molecule has 0 N–H and O–H groups in total. The summed E-state index contributed by atoms with van der Waals surface area (Å²) in [6.07, 6.45) is 4.56. The Kier molecular flexibility index (Phi) is 5.85. The number of methoxy groups -OCH3 is 1. The predicted octanol–water partition coefficient (Wildman–Crippen LogP) is 4.49. The maximum absolute atomic E-state index is 6.40. The second-order valence-electron chi connectivity index (χ2n) is 6.82. The van der Waals surface area contributed by atoms with E-state index in [0.717, 1.165) is 28.2 Å². The summed E-state index contributed by atoms with van der Waals surface area (Å²) >= 11 is 3.72. The number of benzene rings is 1. The lowest BCUT2D eigenvalue weighted by atomic mass is 9.91. The lowest BCUT2D eigenvalue weighted by molar-refractivity contribution is -0.136. The summed E-state index contributed by atoms with van der Waals surface area (Å²) in [5.41, 5.74) is 2.34. The van der Waals surface area contributed by atoms with Crippen molar-refractivity contribution in [1.82, 2.24) is 0 Å². The molecule has 0 radical (unpaired) electrons. The highest BCUT2D eigenvalue weighted by Gasteiger charge is 2.44. The van der Waals surface area contributed by atoms with E-state index in [9.17, 15) is 0 Å². The molecule has 1 aromatic carbocycles. The van der Waals surface area contributed by atoms with Crippen molar-refractivity contribution in [2.45, 2.75) is 45.0 Å². The molecule has 0 amide bonds. The number of anilines is 1. The van der Waals surface area contributed by atoms with Gasteiger partial charge < -0.3 is 23.8 Å². The summed E-state index contributed by atoms with van der Waals surface area (Å²) in [6.45, 7) is 8.45. The van der Waals surface area contributed by atoms with Crippen molar-refractivity contribution in [1.29, 1.82) is 0 Å². The Morgan fingerprint density at radius 2 is 2.08 bits per heavy atom. The maximum Gasteiger partial charge on any atom is 0.191 e. The molecule has 144 valence electrons. The smallest absolute Gasteiger partial charge is 0.191 e. The number of ether oxygens (including phenoxy) is 4. The first kappa shape index (κ1) is 19.5. The average molecular weight is 426 g/mol. The van der Waals surface area contributed by atoms with Crippen LogP contribution in [-0.4, -0.2) is 45.8 Å². The molecule has 1 fully saturated rings. The number of hydrogen-bond acceptors (Lipinski definition) is 5. The Morgan fingerprint density at radius 1 is 1.38 bits per heavy atom. The Hall–Kier alpha value is -1.24. The normalized spacial score (nSPS) is 23.9. The SMILES string of the molecule is C/C=C\C1(CC2Oc3c(OC)cc(Br)c(N(C)CC)c3C2C)OCCO1. The van der Waals surface area contributed by atoms with Crippen molar-refractivity contribution in [3.05, 3.63) is 28.3 Å². The van der Waals surface area contributed by atoms with Gasteiger partial charge in [0.1, 0.15) is 6.10 Å². The number of nitrogens with zero attached hydrogens (tertiary/aromatic N) is 1. The summed E-state index contributed by atoms with van der Waals surface area (Å²) in [6, 6.07) is 1.99. The van der Waals surface area contributed by atoms with Gasteiger partial charge in [-0.15, -0.1) is 0 Å². The van der Waals surface area contributed by atoms with Gasteiger partial charge in [-0.2, -0.15) is 0 Å². The molecule has 5 nitrogen and oxygen atoms in total. The van der Waals surface area contributed by atoms with Gasteiger partial charge in [-0.1, -0.05) is 13.0 Å². The van der Waals surface area contributed by atoms with Crippen LogP contribution in [0.25, 0.3) is 0 Å². The number of fused-ring (bicyclic) bond motifs is 1. The van der Waals surface area contributed by atoms with E-state index < -0.39 is 5.79 Å². The molecular formula is C20H28BrNO4. The van der Waals surface area contributed by atoms with Crippen molar-refractivity contribution in [3.63, 3.8) is 0 Å². The first-order valence-electron chi connectivity index (χ1n) is 9.16. The Morgan fingerprint density at radius 3 is 2.65 bits per heavy atom. The Bertz CT molecular complexity index is 685. The number of halogens is 1. The van der Waals surface area contributed by atoms with Crippen molar-refractivity contribution < 1.29 is 18.9 Å². The van der Waals surface area contributed by atoms with Crippen LogP contribution in [0.5, 0.6) is 11.5 Å². The van der Waals surface area contributed by atoms with Crippen LogP contribution in [0.15, 0.2) is 22.7 Å². The zero-order valence-electron chi connectivity index (χ0n) is 16.2. The third kappa shape index (κ3) is 3.35. The summed E-state index contributed by atoms with van der Waals surface area (Å²) in [5.74, 6) is 1.08. The Balaban J connectivity index is 1.98. The summed E-state index contributed by atoms with van der Waals surface area (Å²) in [7, 11) is 3.77. The first-order valence-corrected chi connectivity index (χ1v) is 9.95. The summed E-state index contributed by atoms with van der Waals surface area (Å²) in [5, 5.41) is 0. The molecular weight excluding hydrogens is 398 g/mol. The molecule has 2 heterocycles. The maximum atomic E-state index is 6.40. The van der Waals surface area contributed by atoms with E-state index >= 15 is 0 Å². The summed E-state index contributed by atoms with van der Waals surface area (Å²) in [4.78, 5) is 2.23. The zero-order valence-corrected chi connectivity index (χ0v) is 17.8. The minimum absolute atomic E-state index is 0.0495. The van der Waals surface area contributed by atoms with Crippen LogP contribution in [0.1, 0.15) is 38.7 Å². The highest BCUT2D eigenvalue weighted by Crippen LogP contribution is 2.53. The molecule has 2 atom stereocenters. The minimum atomic E-state index is -0.697. The molecule has 1 saturated heterocycles. The zero-order chi connectivity index (χ0) is 18.9. The van der Waals surface area contributed by atoms with Gasteiger partial charge in [-0.25, -0.2) is 0 Å².